The molecule has 1 aliphatic heterocycles. The van der Waals surface area contributed by atoms with Crippen LogP contribution in [0.3, 0.4) is 0 Å². The van der Waals surface area contributed by atoms with E-state index < -0.39 is 60.2 Å². The van der Waals surface area contributed by atoms with Crippen LogP contribution in [0.5, 0.6) is 0 Å². The van der Waals surface area contributed by atoms with Gasteiger partial charge in [0, 0.05) is 46.8 Å². The van der Waals surface area contributed by atoms with Crippen molar-refractivity contribution in [3.63, 3.8) is 0 Å². The number of amides is 5. The lowest BCUT2D eigenvalue weighted by atomic mass is 9.89. The molecule has 1 fully saturated rings. The molecule has 1 aliphatic rings. The van der Waals surface area contributed by atoms with Gasteiger partial charge in [-0.1, -0.05) is 85.2 Å². The summed E-state index contributed by atoms with van der Waals surface area (Å²) >= 11 is 0. The molecule has 16 heteroatoms. The molecule has 1 saturated heterocycles. The molecule has 1 heterocycles. The summed E-state index contributed by atoms with van der Waals surface area (Å²) in [7, 11) is 6.50. The van der Waals surface area contributed by atoms with Crippen molar-refractivity contribution in [1.29, 1.82) is 0 Å². The van der Waals surface area contributed by atoms with E-state index in [0.29, 0.717) is 32.4 Å². The molecular weight excluding hydrogens is 771 g/mol. The number of hydrogen-bond donors (Lipinski definition) is 5. The number of likely N-dealkylation sites (N-methyl/N-ethyl adjacent to an activating group) is 2. The Morgan fingerprint density at radius 2 is 1.53 bits per heavy atom. The standard InChI is InChI=1S/C44H75N7O9/c1-13-28(6)39(50(10)43(56)37(26(2)3)48-42(55)38(27(4)5)49(9)25-29(7)46-35(52)24-45)34(59-11)23-36(53)51-21-17-20-33(51)40(60-12)30(8)41(54)47-32(44(57)58)22-31-18-15-14-16-19-31/h14-16,18-19,26-30,32-34,37-40H,13,17,20-25,45H2,1-12H3,(H,46,52)(H,47,54)(H,48,55)(H,57,58)/t28-,29+,30+,32-,33-,34+,37-,38-,39-,40+/m0/s1. The van der Waals surface area contributed by atoms with Crippen LogP contribution in [0, 0.1) is 23.7 Å². The van der Waals surface area contributed by atoms with Crippen LogP contribution < -0.4 is 21.7 Å². The van der Waals surface area contributed by atoms with Gasteiger partial charge in [0.2, 0.25) is 29.5 Å². The normalized spacial score (nSPS) is 18.8. The van der Waals surface area contributed by atoms with Gasteiger partial charge in [-0.25, -0.2) is 4.79 Å². The highest BCUT2D eigenvalue weighted by Crippen LogP contribution is 2.30. The van der Waals surface area contributed by atoms with E-state index in [1.807, 2.05) is 78.6 Å². The highest BCUT2D eigenvalue weighted by Gasteiger charge is 2.43. The predicted octanol–water partition coefficient (Wildman–Crippen LogP) is 2.28. The van der Waals surface area contributed by atoms with Crippen LogP contribution in [-0.2, 0) is 44.7 Å². The van der Waals surface area contributed by atoms with Gasteiger partial charge in [0.1, 0.15) is 12.1 Å². The molecule has 5 amide bonds. The van der Waals surface area contributed by atoms with E-state index in [-0.39, 0.29) is 66.8 Å². The molecule has 1 aromatic rings. The van der Waals surface area contributed by atoms with Gasteiger partial charge < -0.3 is 46.1 Å². The largest absolute Gasteiger partial charge is 0.480 e. The number of aliphatic carboxylic acids is 1. The van der Waals surface area contributed by atoms with Crippen LogP contribution in [0.15, 0.2) is 30.3 Å². The molecule has 2 rings (SSSR count). The Kier molecular flexibility index (Phi) is 21.6. The molecule has 0 saturated carbocycles. The van der Waals surface area contributed by atoms with Crippen LogP contribution in [0.2, 0.25) is 0 Å². The maximum atomic E-state index is 14.5. The van der Waals surface area contributed by atoms with E-state index in [1.54, 1.807) is 35.9 Å². The molecule has 10 atom stereocenters. The van der Waals surface area contributed by atoms with Gasteiger partial charge in [-0.3, -0.25) is 28.9 Å². The number of methoxy groups -OCH3 is 2. The van der Waals surface area contributed by atoms with Crippen molar-refractivity contribution >= 4 is 35.5 Å². The molecule has 340 valence electrons. The summed E-state index contributed by atoms with van der Waals surface area (Å²) < 4.78 is 11.9. The quantitative estimate of drug-likeness (QED) is 0.0964. The van der Waals surface area contributed by atoms with Gasteiger partial charge in [-0.15, -0.1) is 0 Å². The third kappa shape index (κ3) is 14.5. The van der Waals surface area contributed by atoms with Crippen molar-refractivity contribution in [3.8, 4) is 0 Å². The predicted molar refractivity (Wildman–Crippen MR) is 231 cm³/mol. The number of likely N-dealkylation sites (tertiary alicyclic amines) is 1. The lowest BCUT2D eigenvalue weighted by molar-refractivity contribution is -0.148. The fourth-order valence-corrected chi connectivity index (χ4v) is 8.57. The van der Waals surface area contributed by atoms with Crippen molar-refractivity contribution < 1.29 is 43.3 Å². The number of rotatable bonds is 25. The van der Waals surface area contributed by atoms with Gasteiger partial charge in [-0.05, 0) is 50.1 Å². The van der Waals surface area contributed by atoms with E-state index in [4.69, 9.17) is 15.2 Å². The lowest BCUT2D eigenvalue weighted by Crippen LogP contribution is -2.60. The molecule has 0 unspecified atom stereocenters. The van der Waals surface area contributed by atoms with Crippen molar-refractivity contribution in [2.24, 2.45) is 29.4 Å². The van der Waals surface area contributed by atoms with Crippen LogP contribution in [0.1, 0.15) is 86.6 Å². The first kappa shape index (κ1) is 52.0. The minimum absolute atomic E-state index is 0.0490. The molecule has 0 aromatic heterocycles. The monoisotopic (exact) mass is 846 g/mol. The second-order valence-corrected chi connectivity index (χ2v) is 17.2. The zero-order valence-corrected chi connectivity index (χ0v) is 38.1. The minimum Gasteiger partial charge on any atom is -0.480 e. The first-order valence-corrected chi connectivity index (χ1v) is 21.4. The molecule has 6 N–H and O–H groups in total. The highest BCUT2D eigenvalue weighted by molar-refractivity contribution is 5.90. The van der Waals surface area contributed by atoms with Crippen LogP contribution in [0.4, 0.5) is 0 Å². The van der Waals surface area contributed by atoms with Gasteiger partial charge >= 0.3 is 5.97 Å². The van der Waals surface area contributed by atoms with E-state index >= 15 is 0 Å². The number of nitrogens with zero attached hydrogens (tertiary/aromatic N) is 3. The zero-order chi connectivity index (χ0) is 45.4. The molecular formula is C44H75N7O9. The Hall–Kier alpha value is -4.12. The molecule has 0 radical (unpaired) electrons. The van der Waals surface area contributed by atoms with Crippen molar-refractivity contribution in [2.75, 3.05) is 47.9 Å². The number of carbonyl (C=O) groups is 6. The molecule has 0 aliphatic carbocycles. The smallest absolute Gasteiger partial charge is 0.326 e. The van der Waals surface area contributed by atoms with Gasteiger partial charge in [0.25, 0.3) is 0 Å². The average Bonchev–Trinajstić information content (AvgIpc) is 3.68. The Morgan fingerprint density at radius 1 is 0.900 bits per heavy atom. The topological polar surface area (TPSA) is 213 Å². The number of nitrogens with one attached hydrogen (secondary N) is 3. The second-order valence-electron chi connectivity index (χ2n) is 17.2. The SMILES string of the molecule is CC[C@H](C)[C@@H]([C@@H](CC(=O)N1CCC[C@H]1[C@H](OC)[C@@H](C)C(=O)N[C@@H](Cc1ccccc1)C(=O)O)OC)N(C)C(=O)[C@@H](NC(=O)[C@H](C(C)C)N(C)C[C@@H](C)NC(=O)CN)C(C)C. The van der Waals surface area contributed by atoms with E-state index in [9.17, 15) is 33.9 Å². The Labute approximate surface area is 358 Å². The molecule has 1 aromatic carbocycles. The third-order valence-corrected chi connectivity index (χ3v) is 11.9. The Bertz CT molecular complexity index is 1550. The Balaban J connectivity index is 2.28. The Morgan fingerprint density at radius 3 is 2.05 bits per heavy atom. The maximum Gasteiger partial charge on any atom is 0.326 e. The van der Waals surface area contributed by atoms with E-state index in [0.717, 1.165) is 5.56 Å². The first-order chi connectivity index (χ1) is 28.2. The summed E-state index contributed by atoms with van der Waals surface area (Å²) in [5.74, 6) is -4.02. The molecule has 16 nitrogen and oxygen atoms in total. The van der Waals surface area contributed by atoms with Gasteiger partial charge in [0.15, 0.2) is 0 Å². The van der Waals surface area contributed by atoms with Crippen LogP contribution in [0.25, 0.3) is 0 Å². The minimum atomic E-state index is -1.15. The fraction of sp³-hybridized carbons (Fsp3) is 0.727. The number of nitrogens with two attached hydrogens (primary N) is 1. The van der Waals surface area contributed by atoms with E-state index in [1.165, 1.54) is 14.2 Å². The average molecular weight is 846 g/mol. The number of benzene rings is 1. The zero-order valence-electron chi connectivity index (χ0n) is 38.1. The number of carboxylic acid groups (broad SMARTS) is 1. The van der Waals surface area contributed by atoms with Crippen LogP contribution in [-0.4, -0.2) is 152 Å². The summed E-state index contributed by atoms with van der Waals surface area (Å²) in [5, 5.41) is 18.5. The summed E-state index contributed by atoms with van der Waals surface area (Å²) in [4.78, 5) is 85.5. The number of hydrogen-bond acceptors (Lipinski definition) is 10. The first-order valence-electron chi connectivity index (χ1n) is 21.4. The summed E-state index contributed by atoms with van der Waals surface area (Å²) in [6.07, 6.45) is 0.599. The van der Waals surface area contributed by atoms with Crippen molar-refractivity contribution in [2.45, 2.75) is 136 Å². The van der Waals surface area contributed by atoms with Crippen LogP contribution >= 0.6 is 0 Å². The highest BCUT2D eigenvalue weighted by atomic mass is 16.5. The maximum absolute atomic E-state index is 14.5. The summed E-state index contributed by atoms with van der Waals surface area (Å²) in [5.41, 5.74) is 6.24. The lowest BCUT2D eigenvalue weighted by Gasteiger charge is -2.41. The van der Waals surface area contributed by atoms with Gasteiger partial charge in [0.05, 0.1) is 49.2 Å². The molecule has 0 spiro atoms. The number of carbonyl (C=O) groups excluding carboxylic acids is 5. The van der Waals surface area contributed by atoms with E-state index in [2.05, 4.69) is 16.0 Å². The van der Waals surface area contributed by atoms with Crippen molar-refractivity contribution in [1.82, 2.24) is 30.7 Å². The summed E-state index contributed by atoms with van der Waals surface area (Å²) in [6.45, 7) is 15.8. The van der Waals surface area contributed by atoms with Crippen molar-refractivity contribution in [3.05, 3.63) is 35.9 Å². The van der Waals surface area contributed by atoms with Gasteiger partial charge in [-0.2, -0.15) is 0 Å². The number of carboxylic acids is 1. The second kappa shape index (κ2) is 25.0. The fourth-order valence-electron chi connectivity index (χ4n) is 8.57. The summed E-state index contributed by atoms with van der Waals surface area (Å²) in [6, 6.07) is 5.20. The molecule has 60 heavy (non-hydrogen) atoms. The number of ether oxygens (including phenoxy) is 2. The third-order valence-electron chi connectivity index (χ3n) is 11.9. The molecule has 0 bridgehead atoms.